The molecule has 1 aliphatic carbocycles. The Morgan fingerprint density at radius 3 is 3.00 bits per heavy atom. The zero-order chi connectivity index (χ0) is 7.40. The van der Waals surface area contributed by atoms with Gasteiger partial charge in [-0.2, -0.15) is 0 Å². The van der Waals surface area contributed by atoms with Crippen molar-refractivity contribution in [2.75, 3.05) is 0 Å². The second kappa shape index (κ2) is 3.77. The molecule has 0 aromatic rings. The Morgan fingerprint density at radius 1 is 1.70 bits per heavy atom. The zero-order valence-corrected chi connectivity index (χ0v) is 6.93. The molecule has 1 N–H and O–H groups in total. The van der Waals surface area contributed by atoms with E-state index in [2.05, 4.69) is 31.3 Å². The van der Waals surface area contributed by atoms with E-state index in [4.69, 9.17) is 0 Å². The molecular formula is C9H17N. The molecule has 0 bridgehead atoms. The predicted molar refractivity (Wildman–Crippen MR) is 45.1 cm³/mol. The van der Waals surface area contributed by atoms with Gasteiger partial charge in [0.2, 0.25) is 0 Å². The van der Waals surface area contributed by atoms with E-state index < -0.39 is 0 Å². The first-order valence-corrected chi connectivity index (χ1v) is 4.25. The molecule has 0 radical (unpaired) electrons. The molecule has 0 saturated heterocycles. The van der Waals surface area contributed by atoms with Gasteiger partial charge in [0.15, 0.2) is 0 Å². The molecule has 0 saturated carbocycles. The Balaban J connectivity index is 2.18. The average molecular weight is 139 g/mol. The molecule has 1 aliphatic rings. The standard InChI is InChI=1S/C9H17N/c1-3-8(2)10-9-6-4-5-7-9/h4,6,8-10H,3,5,7H2,1-2H3. The topological polar surface area (TPSA) is 12.0 Å². The molecule has 58 valence electrons. The van der Waals surface area contributed by atoms with Gasteiger partial charge in [-0.05, 0) is 26.2 Å². The first kappa shape index (κ1) is 7.80. The molecule has 0 aliphatic heterocycles. The van der Waals surface area contributed by atoms with Crippen molar-refractivity contribution in [2.24, 2.45) is 0 Å². The summed E-state index contributed by atoms with van der Waals surface area (Å²) < 4.78 is 0. The van der Waals surface area contributed by atoms with Gasteiger partial charge >= 0.3 is 0 Å². The Kier molecular flexibility index (Phi) is 2.94. The average Bonchev–Trinajstić information content (AvgIpc) is 2.40. The van der Waals surface area contributed by atoms with E-state index in [1.54, 1.807) is 0 Å². The second-order valence-corrected chi connectivity index (χ2v) is 3.09. The maximum absolute atomic E-state index is 3.54. The summed E-state index contributed by atoms with van der Waals surface area (Å²) in [5.74, 6) is 0. The van der Waals surface area contributed by atoms with Crippen LogP contribution in [0.1, 0.15) is 33.1 Å². The minimum Gasteiger partial charge on any atom is -0.308 e. The highest BCUT2D eigenvalue weighted by Gasteiger charge is 2.09. The molecule has 0 spiro atoms. The van der Waals surface area contributed by atoms with Crippen LogP contribution >= 0.6 is 0 Å². The fourth-order valence-electron chi connectivity index (χ4n) is 1.25. The number of hydrogen-bond donors (Lipinski definition) is 1. The van der Waals surface area contributed by atoms with E-state index in [0.717, 1.165) is 0 Å². The van der Waals surface area contributed by atoms with E-state index >= 15 is 0 Å². The summed E-state index contributed by atoms with van der Waals surface area (Å²) in [4.78, 5) is 0. The van der Waals surface area contributed by atoms with Crippen LogP contribution in [0, 0.1) is 0 Å². The van der Waals surface area contributed by atoms with Crippen LogP contribution in [0.25, 0.3) is 0 Å². The van der Waals surface area contributed by atoms with Crippen molar-refractivity contribution in [2.45, 2.75) is 45.2 Å². The van der Waals surface area contributed by atoms with Crippen molar-refractivity contribution < 1.29 is 0 Å². The molecule has 2 atom stereocenters. The Bertz CT molecular complexity index is 118. The molecule has 0 aromatic heterocycles. The lowest BCUT2D eigenvalue weighted by Gasteiger charge is -2.15. The summed E-state index contributed by atoms with van der Waals surface area (Å²) in [6.07, 6.45) is 8.33. The van der Waals surface area contributed by atoms with Crippen LogP contribution in [0.2, 0.25) is 0 Å². The summed E-state index contributed by atoms with van der Waals surface area (Å²) in [5, 5.41) is 3.54. The number of allylic oxidation sites excluding steroid dienone is 1. The lowest BCUT2D eigenvalue weighted by atomic mass is 10.2. The van der Waals surface area contributed by atoms with E-state index in [9.17, 15) is 0 Å². The molecular weight excluding hydrogens is 122 g/mol. The zero-order valence-electron chi connectivity index (χ0n) is 6.93. The van der Waals surface area contributed by atoms with Crippen LogP contribution in [-0.4, -0.2) is 12.1 Å². The lowest BCUT2D eigenvalue weighted by molar-refractivity contribution is 0.480. The van der Waals surface area contributed by atoms with E-state index in [-0.39, 0.29) is 0 Å². The molecule has 0 amide bonds. The van der Waals surface area contributed by atoms with Crippen LogP contribution in [0.5, 0.6) is 0 Å². The van der Waals surface area contributed by atoms with Gasteiger partial charge in [0, 0.05) is 12.1 Å². The fraction of sp³-hybridized carbons (Fsp3) is 0.778. The Morgan fingerprint density at radius 2 is 2.50 bits per heavy atom. The van der Waals surface area contributed by atoms with Gasteiger partial charge in [-0.15, -0.1) is 0 Å². The maximum Gasteiger partial charge on any atom is 0.0255 e. The van der Waals surface area contributed by atoms with Crippen molar-refractivity contribution >= 4 is 0 Å². The largest absolute Gasteiger partial charge is 0.308 e. The highest BCUT2D eigenvalue weighted by Crippen LogP contribution is 2.09. The van der Waals surface area contributed by atoms with Crippen LogP contribution in [0.3, 0.4) is 0 Å². The third-order valence-corrected chi connectivity index (χ3v) is 2.12. The number of hydrogen-bond acceptors (Lipinski definition) is 1. The van der Waals surface area contributed by atoms with Crippen LogP contribution in [0.15, 0.2) is 12.2 Å². The molecule has 0 heterocycles. The second-order valence-electron chi connectivity index (χ2n) is 3.09. The van der Waals surface area contributed by atoms with Gasteiger partial charge in [0.1, 0.15) is 0 Å². The first-order chi connectivity index (χ1) is 4.83. The summed E-state index contributed by atoms with van der Waals surface area (Å²) >= 11 is 0. The van der Waals surface area contributed by atoms with Gasteiger partial charge in [0.25, 0.3) is 0 Å². The summed E-state index contributed by atoms with van der Waals surface area (Å²) in [5.41, 5.74) is 0. The van der Waals surface area contributed by atoms with Gasteiger partial charge < -0.3 is 5.32 Å². The molecule has 1 rings (SSSR count). The van der Waals surface area contributed by atoms with E-state index in [1.807, 2.05) is 0 Å². The van der Waals surface area contributed by atoms with Crippen molar-refractivity contribution in [3.8, 4) is 0 Å². The molecule has 1 heteroatoms. The van der Waals surface area contributed by atoms with Crippen LogP contribution in [-0.2, 0) is 0 Å². The Hall–Kier alpha value is -0.300. The minimum absolute atomic E-state index is 0.662. The van der Waals surface area contributed by atoms with Crippen LogP contribution < -0.4 is 5.32 Å². The van der Waals surface area contributed by atoms with Crippen molar-refractivity contribution in [1.82, 2.24) is 5.32 Å². The third kappa shape index (κ3) is 2.14. The van der Waals surface area contributed by atoms with Crippen molar-refractivity contribution in [1.29, 1.82) is 0 Å². The van der Waals surface area contributed by atoms with E-state index in [1.165, 1.54) is 19.3 Å². The fourth-order valence-corrected chi connectivity index (χ4v) is 1.25. The first-order valence-electron chi connectivity index (χ1n) is 4.25. The maximum atomic E-state index is 3.54. The molecule has 0 fully saturated rings. The normalized spacial score (nSPS) is 27.2. The molecule has 0 aromatic carbocycles. The highest BCUT2D eigenvalue weighted by molar-refractivity contribution is 5.01. The molecule has 1 nitrogen and oxygen atoms in total. The van der Waals surface area contributed by atoms with Gasteiger partial charge in [0.05, 0.1) is 0 Å². The Labute approximate surface area is 63.5 Å². The number of nitrogens with one attached hydrogen (secondary N) is 1. The lowest BCUT2D eigenvalue weighted by Crippen LogP contribution is -2.33. The SMILES string of the molecule is CCC(C)NC1C=CCC1. The summed E-state index contributed by atoms with van der Waals surface area (Å²) in [7, 11) is 0. The molecule has 10 heavy (non-hydrogen) atoms. The van der Waals surface area contributed by atoms with Crippen molar-refractivity contribution in [3.63, 3.8) is 0 Å². The summed E-state index contributed by atoms with van der Waals surface area (Å²) in [6.45, 7) is 4.46. The highest BCUT2D eigenvalue weighted by atomic mass is 14.9. The summed E-state index contributed by atoms with van der Waals surface area (Å²) in [6, 6.07) is 1.34. The predicted octanol–water partition coefficient (Wildman–Crippen LogP) is 2.09. The number of rotatable bonds is 3. The van der Waals surface area contributed by atoms with Gasteiger partial charge in [-0.25, -0.2) is 0 Å². The van der Waals surface area contributed by atoms with Crippen molar-refractivity contribution in [3.05, 3.63) is 12.2 Å². The van der Waals surface area contributed by atoms with Crippen LogP contribution in [0.4, 0.5) is 0 Å². The van der Waals surface area contributed by atoms with Gasteiger partial charge in [-0.1, -0.05) is 19.1 Å². The quantitative estimate of drug-likeness (QED) is 0.590. The third-order valence-electron chi connectivity index (χ3n) is 2.12. The minimum atomic E-state index is 0.662. The molecule has 2 unspecified atom stereocenters. The monoisotopic (exact) mass is 139 g/mol. The smallest absolute Gasteiger partial charge is 0.0255 e. The van der Waals surface area contributed by atoms with Gasteiger partial charge in [-0.3, -0.25) is 0 Å². The van der Waals surface area contributed by atoms with E-state index in [0.29, 0.717) is 12.1 Å².